The quantitative estimate of drug-likeness (QED) is 0.705. The second-order valence-electron chi connectivity index (χ2n) is 6.35. The zero-order valence-electron chi connectivity index (χ0n) is 14.9. The fraction of sp³-hybridized carbons (Fsp3) is 0.143. The molecule has 27 heavy (non-hydrogen) atoms. The van der Waals surface area contributed by atoms with Crippen LogP contribution in [0.15, 0.2) is 60.8 Å². The first kappa shape index (κ1) is 17.4. The first-order valence-corrected chi connectivity index (χ1v) is 8.91. The van der Waals surface area contributed by atoms with E-state index in [1.165, 1.54) is 0 Å². The number of halogens is 1. The van der Waals surface area contributed by atoms with E-state index in [0.29, 0.717) is 27.8 Å². The molecule has 0 saturated carbocycles. The van der Waals surface area contributed by atoms with Gasteiger partial charge in [-0.15, -0.1) is 0 Å². The number of anilines is 2. The van der Waals surface area contributed by atoms with Gasteiger partial charge in [-0.2, -0.15) is 0 Å². The number of rotatable bonds is 4. The maximum absolute atomic E-state index is 13.1. The average Bonchev–Trinajstić information content (AvgIpc) is 2.95. The molecule has 5 nitrogen and oxygen atoms in total. The highest BCUT2D eigenvalue weighted by atomic mass is 35.5. The van der Waals surface area contributed by atoms with E-state index in [1.54, 1.807) is 36.4 Å². The second-order valence-corrected chi connectivity index (χ2v) is 6.78. The minimum Gasteiger partial charge on any atom is -0.495 e. The van der Waals surface area contributed by atoms with Gasteiger partial charge in [0.15, 0.2) is 0 Å². The molecule has 0 unspecified atom stereocenters. The van der Waals surface area contributed by atoms with Gasteiger partial charge in [-0.25, -0.2) is 4.98 Å². The molecule has 1 aliphatic heterocycles. The second kappa shape index (κ2) is 6.93. The minimum absolute atomic E-state index is 0.0968. The third-order valence-corrected chi connectivity index (χ3v) is 4.79. The van der Waals surface area contributed by atoms with E-state index in [2.05, 4.69) is 10.3 Å². The van der Waals surface area contributed by atoms with Crippen molar-refractivity contribution in [2.24, 2.45) is 0 Å². The molecule has 1 aromatic heterocycles. The first-order valence-electron chi connectivity index (χ1n) is 8.53. The third kappa shape index (κ3) is 3.11. The third-order valence-electron chi connectivity index (χ3n) is 4.56. The number of nitrogens with zero attached hydrogens (tertiary/aromatic N) is 2. The molecule has 1 atom stereocenters. The van der Waals surface area contributed by atoms with Gasteiger partial charge >= 0.3 is 0 Å². The molecule has 2 aromatic carbocycles. The molecule has 0 radical (unpaired) electrons. The van der Waals surface area contributed by atoms with Crippen molar-refractivity contribution in [3.05, 3.63) is 82.5 Å². The Bertz CT molecular complexity index is 1000. The number of carbonyl (C=O) groups excluding carboxylic acids is 1. The number of nitrogens with one attached hydrogen (secondary N) is 1. The largest absolute Gasteiger partial charge is 0.495 e. The predicted molar refractivity (Wildman–Crippen MR) is 107 cm³/mol. The van der Waals surface area contributed by atoms with Crippen molar-refractivity contribution in [2.75, 3.05) is 17.3 Å². The normalized spacial score (nSPS) is 15.6. The highest BCUT2D eigenvalue weighted by Crippen LogP contribution is 2.39. The van der Waals surface area contributed by atoms with Crippen molar-refractivity contribution in [1.82, 2.24) is 4.98 Å². The van der Waals surface area contributed by atoms with Crippen LogP contribution in [0.3, 0.4) is 0 Å². The molecule has 1 N–H and O–H groups in total. The maximum Gasteiger partial charge on any atom is 0.261 e. The Balaban J connectivity index is 1.80. The summed E-state index contributed by atoms with van der Waals surface area (Å²) in [6, 6.07) is 16.7. The van der Waals surface area contributed by atoms with Gasteiger partial charge in [0.2, 0.25) is 0 Å². The van der Waals surface area contributed by atoms with Crippen LogP contribution in [-0.4, -0.2) is 18.0 Å². The summed E-state index contributed by atoms with van der Waals surface area (Å²) in [7, 11) is 1.60. The Morgan fingerprint density at radius 3 is 2.70 bits per heavy atom. The molecule has 3 aromatic rings. The topological polar surface area (TPSA) is 54.5 Å². The Kier molecular flexibility index (Phi) is 4.46. The van der Waals surface area contributed by atoms with E-state index in [4.69, 9.17) is 16.3 Å². The maximum atomic E-state index is 13.1. The summed E-state index contributed by atoms with van der Waals surface area (Å²) in [5.41, 5.74) is 3.27. The lowest BCUT2D eigenvalue weighted by atomic mass is 10.1. The highest BCUT2D eigenvalue weighted by Gasteiger charge is 2.38. The van der Waals surface area contributed by atoms with Crippen LogP contribution in [0, 0.1) is 6.92 Å². The van der Waals surface area contributed by atoms with Crippen LogP contribution in [0.25, 0.3) is 0 Å². The average molecular weight is 380 g/mol. The summed E-state index contributed by atoms with van der Waals surface area (Å²) in [6.07, 6.45) is 1.33. The molecule has 0 saturated heterocycles. The van der Waals surface area contributed by atoms with Gasteiger partial charge in [-0.05, 0) is 42.8 Å². The summed E-state index contributed by atoms with van der Waals surface area (Å²) in [6.45, 7) is 1.96. The van der Waals surface area contributed by atoms with Crippen molar-refractivity contribution in [1.29, 1.82) is 0 Å². The number of fused-ring (bicyclic) bond motifs is 1. The molecule has 4 rings (SSSR count). The van der Waals surface area contributed by atoms with Crippen molar-refractivity contribution in [2.45, 2.75) is 13.1 Å². The fourth-order valence-electron chi connectivity index (χ4n) is 3.24. The van der Waals surface area contributed by atoms with Gasteiger partial charge < -0.3 is 10.1 Å². The van der Waals surface area contributed by atoms with Crippen LogP contribution in [0.5, 0.6) is 5.75 Å². The van der Waals surface area contributed by atoms with Gasteiger partial charge in [-0.1, -0.05) is 35.9 Å². The monoisotopic (exact) mass is 379 g/mol. The SMILES string of the molecule is COc1ccc(Cl)cc1N[C@@H]1c2ccccc2C(=O)N1c1ccc(C)cn1. The number of pyridine rings is 1. The summed E-state index contributed by atoms with van der Waals surface area (Å²) < 4.78 is 5.44. The fourth-order valence-corrected chi connectivity index (χ4v) is 3.41. The number of ether oxygens (including phenoxy) is 1. The van der Waals surface area contributed by atoms with E-state index < -0.39 is 6.17 Å². The molecule has 136 valence electrons. The molecule has 1 amide bonds. The zero-order chi connectivity index (χ0) is 19.0. The van der Waals surface area contributed by atoms with E-state index in [9.17, 15) is 4.79 Å². The van der Waals surface area contributed by atoms with Crippen LogP contribution in [0.2, 0.25) is 5.02 Å². The summed E-state index contributed by atoms with van der Waals surface area (Å²) >= 11 is 6.17. The number of amides is 1. The first-order chi connectivity index (χ1) is 13.1. The van der Waals surface area contributed by atoms with E-state index >= 15 is 0 Å². The number of benzene rings is 2. The van der Waals surface area contributed by atoms with Gasteiger partial charge in [0.1, 0.15) is 17.7 Å². The van der Waals surface area contributed by atoms with Crippen molar-refractivity contribution in [3.63, 3.8) is 0 Å². The number of hydrogen-bond donors (Lipinski definition) is 1. The standard InChI is InChI=1S/C21H18ClN3O2/c1-13-7-10-19(23-12-13)25-20(15-5-3-4-6-16(15)21(25)26)24-17-11-14(22)8-9-18(17)27-2/h3-12,20,24H,1-2H3/t20-/m0/s1. The summed E-state index contributed by atoms with van der Waals surface area (Å²) in [4.78, 5) is 19.2. The van der Waals surface area contributed by atoms with Crippen LogP contribution in [0.4, 0.5) is 11.5 Å². The molecule has 0 fully saturated rings. The molecule has 0 aliphatic carbocycles. The number of methoxy groups -OCH3 is 1. The smallest absolute Gasteiger partial charge is 0.261 e. The van der Waals surface area contributed by atoms with E-state index in [-0.39, 0.29) is 5.91 Å². The van der Waals surface area contributed by atoms with Crippen LogP contribution in [-0.2, 0) is 0 Å². The van der Waals surface area contributed by atoms with Crippen molar-refractivity contribution < 1.29 is 9.53 Å². The Hall–Kier alpha value is -3.05. The van der Waals surface area contributed by atoms with Crippen molar-refractivity contribution >= 4 is 29.0 Å². The lowest BCUT2D eigenvalue weighted by Crippen LogP contribution is -2.33. The molecule has 2 heterocycles. The zero-order valence-corrected chi connectivity index (χ0v) is 15.7. The Morgan fingerprint density at radius 1 is 1.15 bits per heavy atom. The molecular weight excluding hydrogens is 362 g/mol. The Labute approximate surface area is 162 Å². The van der Waals surface area contributed by atoms with Crippen molar-refractivity contribution in [3.8, 4) is 5.75 Å². The predicted octanol–water partition coefficient (Wildman–Crippen LogP) is 4.82. The summed E-state index contributed by atoms with van der Waals surface area (Å²) in [5, 5.41) is 3.99. The lowest BCUT2D eigenvalue weighted by molar-refractivity contribution is 0.0992. The van der Waals surface area contributed by atoms with E-state index in [1.807, 2.05) is 43.3 Å². The molecule has 0 bridgehead atoms. The lowest BCUT2D eigenvalue weighted by Gasteiger charge is -2.27. The Morgan fingerprint density at radius 2 is 1.96 bits per heavy atom. The molecule has 1 aliphatic rings. The number of aryl methyl sites for hydroxylation is 1. The van der Waals surface area contributed by atoms with Gasteiger partial charge in [0, 0.05) is 22.3 Å². The molecular formula is C21H18ClN3O2. The highest BCUT2D eigenvalue weighted by molar-refractivity contribution is 6.31. The number of aromatic nitrogens is 1. The van der Waals surface area contributed by atoms with Crippen LogP contribution < -0.4 is 15.0 Å². The molecule has 0 spiro atoms. The van der Waals surface area contributed by atoms with Gasteiger partial charge in [-0.3, -0.25) is 9.69 Å². The number of carbonyl (C=O) groups is 1. The van der Waals surface area contributed by atoms with Crippen LogP contribution in [0.1, 0.15) is 27.7 Å². The van der Waals surface area contributed by atoms with E-state index in [0.717, 1.165) is 11.1 Å². The van der Waals surface area contributed by atoms with Gasteiger partial charge in [0.25, 0.3) is 5.91 Å². The summed E-state index contributed by atoms with van der Waals surface area (Å²) in [5.74, 6) is 1.13. The molecule has 6 heteroatoms. The van der Waals surface area contributed by atoms with Gasteiger partial charge in [0.05, 0.1) is 12.8 Å². The number of hydrogen-bond acceptors (Lipinski definition) is 4. The minimum atomic E-state index is -0.420. The van der Waals surface area contributed by atoms with Crippen LogP contribution >= 0.6 is 11.6 Å².